The number of carbonyl (C=O) groups is 1. The van der Waals surface area contributed by atoms with Crippen LogP contribution in [0.15, 0.2) is 42.5 Å². The van der Waals surface area contributed by atoms with Crippen molar-refractivity contribution >= 4 is 23.2 Å². The number of nitrogen functional groups attached to an aromatic ring is 1. The van der Waals surface area contributed by atoms with Crippen molar-refractivity contribution in [1.29, 1.82) is 0 Å². The maximum atomic E-state index is 11.9. The van der Waals surface area contributed by atoms with E-state index in [1.165, 1.54) is 12.1 Å². The number of aromatic hydroxyl groups is 1. The van der Waals surface area contributed by atoms with Gasteiger partial charge in [-0.2, -0.15) is 0 Å². The Morgan fingerprint density at radius 1 is 1.21 bits per heavy atom. The third-order valence-corrected chi connectivity index (χ3v) is 2.87. The Morgan fingerprint density at radius 3 is 2.53 bits per heavy atom. The highest BCUT2D eigenvalue weighted by molar-refractivity contribution is 6.30. The Bertz CT molecular complexity index is 597. The molecule has 0 aromatic heterocycles. The van der Waals surface area contributed by atoms with Crippen LogP contribution in [-0.4, -0.2) is 11.0 Å². The number of phenolic OH excluding ortho intramolecular Hbond substituents is 1. The van der Waals surface area contributed by atoms with Gasteiger partial charge in [-0.25, -0.2) is 0 Å². The van der Waals surface area contributed by atoms with Crippen LogP contribution in [0.1, 0.15) is 15.9 Å². The molecule has 19 heavy (non-hydrogen) atoms. The summed E-state index contributed by atoms with van der Waals surface area (Å²) in [6.45, 7) is 0.362. The van der Waals surface area contributed by atoms with Gasteiger partial charge >= 0.3 is 0 Å². The van der Waals surface area contributed by atoms with Crippen molar-refractivity contribution in [3.8, 4) is 5.75 Å². The number of rotatable bonds is 3. The molecule has 0 heterocycles. The predicted molar refractivity (Wildman–Crippen MR) is 75.1 cm³/mol. The Balaban J connectivity index is 2.03. The van der Waals surface area contributed by atoms with Crippen molar-refractivity contribution in [2.24, 2.45) is 0 Å². The zero-order valence-electron chi connectivity index (χ0n) is 10.1. The molecule has 0 atom stereocenters. The fourth-order valence-electron chi connectivity index (χ4n) is 1.61. The lowest BCUT2D eigenvalue weighted by Crippen LogP contribution is -2.22. The van der Waals surface area contributed by atoms with E-state index in [1.54, 1.807) is 18.2 Å². The van der Waals surface area contributed by atoms with E-state index in [9.17, 15) is 9.90 Å². The largest absolute Gasteiger partial charge is 0.507 e. The maximum Gasteiger partial charge on any atom is 0.255 e. The summed E-state index contributed by atoms with van der Waals surface area (Å²) in [6.07, 6.45) is 0. The van der Waals surface area contributed by atoms with Gasteiger partial charge in [0.25, 0.3) is 5.91 Å². The lowest BCUT2D eigenvalue weighted by molar-refractivity contribution is 0.0948. The summed E-state index contributed by atoms with van der Waals surface area (Å²) < 4.78 is 0. The first-order chi connectivity index (χ1) is 9.06. The molecule has 0 radical (unpaired) electrons. The average molecular weight is 277 g/mol. The van der Waals surface area contributed by atoms with Gasteiger partial charge in [0, 0.05) is 17.3 Å². The second kappa shape index (κ2) is 5.63. The summed E-state index contributed by atoms with van der Waals surface area (Å²) >= 11 is 5.71. The van der Waals surface area contributed by atoms with Gasteiger partial charge in [0.2, 0.25) is 0 Å². The number of nitrogens with one attached hydrogen (secondary N) is 1. The van der Waals surface area contributed by atoms with E-state index in [1.807, 2.05) is 12.1 Å². The second-order valence-electron chi connectivity index (χ2n) is 4.09. The van der Waals surface area contributed by atoms with E-state index in [0.717, 1.165) is 5.56 Å². The molecule has 98 valence electrons. The van der Waals surface area contributed by atoms with E-state index in [2.05, 4.69) is 5.32 Å². The molecule has 0 spiro atoms. The zero-order valence-corrected chi connectivity index (χ0v) is 10.8. The van der Waals surface area contributed by atoms with E-state index in [-0.39, 0.29) is 17.2 Å². The minimum absolute atomic E-state index is 0.137. The number of anilines is 1. The Morgan fingerprint density at radius 2 is 1.89 bits per heavy atom. The monoisotopic (exact) mass is 276 g/mol. The molecule has 0 aliphatic carbocycles. The standard InChI is InChI=1S/C14H13ClN2O2/c15-10-3-6-12(13(18)7-10)14(19)17-8-9-1-4-11(16)5-2-9/h1-7,18H,8,16H2,(H,17,19). The molecular weight excluding hydrogens is 264 g/mol. The van der Waals surface area contributed by atoms with Crippen molar-refractivity contribution in [3.05, 3.63) is 58.6 Å². The van der Waals surface area contributed by atoms with E-state index in [0.29, 0.717) is 17.3 Å². The molecule has 0 aliphatic rings. The van der Waals surface area contributed by atoms with Crippen LogP contribution >= 0.6 is 11.6 Å². The number of amides is 1. The minimum atomic E-state index is -0.356. The zero-order chi connectivity index (χ0) is 13.8. The summed E-state index contributed by atoms with van der Waals surface area (Å²) in [5, 5.41) is 12.7. The molecule has 5 heteroatoms. The molecule has 0 saturated carbocycles. The smallest absolute Gasteiger partial charge is 0.255 e. The van der Waals surface area contributed by atoms with Gasteiger partial charge in [-0.1, -0.05) is 23.7 Å². The molecule has 2 aromatic carbocycles. The molecule has 0 aliphatic heterocycles. The molecule has 4 nitrogen and oxygen atoms in total. The summed E-state index contributed by atoms with van der Waals surface area (Å²) in [4.78, 5) is 11.9. The fourth-order valence-corrected chi connectivity index (χ4v) is 1.78. The summed E-state index contributed by atoms with van der Waals surface area (Å²) in [6, 6.07) is 11.6. The first kappa shape index (κ1) is 13.2. The third kappa shape index (κ3) is 3.39. The highest BCUT2D eigenvalue weighted by Gasteiger charge is 2.10. The van der Waals surface area contributed by atoms with Crippen molar-refractivity contribution in [3.63, 3.8) is 0 Å². The summed E-state index contributed by atoms with van der Waals surface area (Å²) in [7, 11) is 0. The molecular formula is C14H13ClN2O2. The number of benzene rings is 2. The molecule has 2 aromatic rings. The van der Waals surface area contributed by atoms with Gasteiger partial charge in [0.05, 0.1) is 5.56 Å². The third-order valence-electron chi connectivity index (χ3n) is 2.64. The number of halogens is 1. The normalized spacial score (nSPS) is 10.2. The first-order valence-electron chi connectivity index (χ1n) is 5.67. The lowest BCUT2D eigenvalue weighted by atomic mass is 10.1. The number of carbonyl (C=O) groups excluding carboxylic acids is 1. The highest BCUT2D eigenvalue weighted by atomic mass is 35.5. The quantitative estimate of drug-likeness (QED) is 0.754. The van der Waals surface area contributed by atoms with Crippen molar-refractivity contribution < 1.29 is 9.90 Å². The van der Waals surface area contributed by atoms with E-state index in [4.69, 9.17) is 17.3 Å². The fraction of sp³-hybridized carbons (Fsp3) is 0.0714. The highest BCUT2D eigenvalue weighted by Crippen LogP contribution is 2.21. The Labute approximate surface area is 115 Å². The average Bonchev–Trinajstić information content (AvgIpc) is 2.37. The molecule has 2 rings (SSSR count). The van der Waals surface area contributed by atoms with E-state index >= 15 is 0 Å². The Hall–Kier alpha value is -2.20. The van der Waals surface area contributed by atoms with Gasteiger partial charge in [-0.05, 0) is 35.9 Å². The minimum Gasteiger partial charge on any atom is -0.507 e. The molecule has 0 unspecified atom stereocenters. The van der Waals surface area contributed by atoms with Crippen LogP contribution in [-0.2, 0) is 6.54 Å². The van der Waals surface area contributed by atoms with E-state index < -0.39 is 0 Å². The van der Waals surface area contributed by atoms with Crippen LogP contribution < -0.4 is 11.1 Å². The van der Waals surface area contributed by atoms with Crippen molar-refractivity contribution in [1.82, 2.24) is 5.32 Å². The van der Waals surface area contributed by atoms with Crippen LogP contribution in [0.4, 0.5) is 5.69 Å². The van der Waals surface area contributed by atoms with Crippen LogP contribution in [0, 0.1) is 0 Å². The van der Waals surface area contributed by atoms with Gasteiger partial charge in [-0.15, -0.1) is 0 Å². The molecule has 0 fully saturated rings. The predicted octanol–water partition coefficient (Wildman–Crippen LogP) is 2.56. The summed E-state index contributed by atoms with van der Waals surface area (Å²) in [5.41, 5.74) is 7.37. The maximum absolute atomic E-state index is 11.9. The second-order valence-corrected chi connectivity index (χ2v) is 4.52. The molecule has 0 bridgehead atoms. The van der Waals surface area contributed by atoms with Gasteiger partial charge in [0.1, 0.15) is 5.75 Å². The number of hydrogen-bond donors (Lipinski definition) is 3. The first-order valence-corrected chi connectivity index (χ1v) is 6.05. The van der Waals surface area contributed by atoms with Gasteiger partial charge in [0.15, 0.2) is 0 Å². The molecule has 1 amide bonds. The van der Waals surface area contributed by atoms with Crippen molar-refractivity contribution in [2.45, 2.75) is 6.54 Å². The summed E-state index contributed by atoms with van der Waals surface area (Å²) in [5.74, 6) is -0.492. The Kier molecular flexibility index (Phi) is 3.92. The number of phenols is 1. The van der Waals surface area contributed by atoms with Crippen molar-refractivity contribution in [2.75, 3.05) is 5.73 Å². The number of nitrogens with two attached hydrogens (primary N) is 1. The topological polar surface area (TPSA) is 75.3 Å². The lowest BCUT2D eigenvalue weighted by Gasteiger charge is -2.07. The van der Waals surface area contributed by atoms with Crippen LogP contribution in [0.25, 0.3) is 0 Å². The van der Waals surface area contributed by atoms with Crippen LogP contribution in [0.2, 0.25) is 5.02 Å². The SMILES string of the molecule is Nc1ccc(CNC(=O)c2ccc(Cl)cc2O)cc1. The number of hydrogen-bond acceptors (Lipinski definition) is 3. The van der Waals surface area contributed by atoms with Crippen LogP contribution in [0.3, 0.4) is 0 Å². The van der Waals surface area contributed by atoms with Crippen LogP contribution in [0.5, 0.6) is 5.75 Å². The van der Waals surface area contributed by atoms with Gasteiger partial charge < -0.3 is 16.2 Å². The van der Waals surface area contributed by atoms with Gasteiger partial charge in [-0.3, -0.25) is 4.79 Å². The molecule has 0 saturated heterocycles. The molecule has 4 N–H and O–H groups in total.